The van der Waals surface area contributed by atoms with E-state index in [1.54, 1.807) is 19.6 Å². The highest BCUT2D eigenvalue weighted by Crippen LogP contribution is 2.44. The number of likely N-dealkylation sites (tertiary alicyclic amines) is 1. The topological polar surface area (TPSA) is 212 Å². The van der Waals surface area contributed by atoms with E-state index in [-0.39, 0.29) is 91.1 Å². The van der Waals surface area contributed by atoms with Crippen molar-refractivity contribution in [2.45, 2.75) is 24.1 Å². The Labute approximate surface area is 288 Å². The molecule has 2 heterocycles. The van der Waals surface area contributed by atoms with E-state index in [9.17, 15) is 49.5 Å². The van der Waals surface area contributed by atoms with E-state index in [0.717, 1.165) is 27.2 Å². The summed E-state index contributed by atoms with van der Waals surface area (Å²) in [6, 6.07) is 13.0. The highest BCUT2D eigenvalue weighted by molar-refractivity contribution is 5.83. The predicted octanol–water partition coefficient (Wildman–Crippen LogP) is -0.0908. The lowest BCUT2D eigenvalue weighted by molar-refractivity contribution is -0.144. The van der Waals surface area contributed by atoms with Gasteiger partial charge in [0.1, 0.15) is 6.61 Å². The van der Waals surface area contributed by atoms with Crippen molar-refractivity contribution in [3.8, 4) is 11.1 Å². The Morgan fingerprint density at radius 2 is 1.06 bits per heavy atom. The van der Waals surface area contributed by atoms with E-state index in [1.807, 2.05) is 48.5 Å². The van der Waals surface area contributed by atoms with Crippen LogP contribution in [0.4, 0.5) is 4.79 Å². The molecule has 2 aromatic rings. The Kier molecular flexibility index (Phi) is 12.0. The number of aliphatic hydroxyl groups excluding tert-OH is 1. The number of aliphatic hydroxyl groups is 1. The standard InChI is InChI=1S/C34H43N5O11/c40-27-17-39(34(49)50-21-26-24-7-3-1-5-22(24)23-6-2-4-8-25(23)26)32(33(47)48)31(27)38-15-13-36(19-29(43)44)11-9-35(18-28(41)42)10-12-37(14-16-38)20-30(45)46/h1-8,26-27,31-32,40H,9-21H2,(H,41,42)(H,43,44)(H,45,46)(H,47,48)/t27-,31?,32-/m0/s1. The second-order valence-electron chi connectivity index (χ2n) is 12.8. The molecule has 16 heteroatoms. The molecule has 0 saturated carbocycles. The van der Waals surface area contributed by atoms with Crippen molar-refractivity contribution < 1.29 is 54.2 Å². The minimum Gasteiger partial charge on any atom is -0.480 e. The number of carbonyl (C=O) groups is 5. The summed E-state index contributed by atoms with van der Waals surface area (Å²) >= 11 is 0. The fourth-order valence-corrected chi connectivity index (χ4v) is 7.30. The van der Waals surface area contributed by atoms with Crippen LogP contribution in [-0.4, -0.2) is 183 Å². The average molecular weight is 698 g/mol. The van der Waals surface area contributed by atoms with Gasteiger partial charge in [-0.1, -0.05) is 48.5 Å². The minimum absolute atomic E-state index is 0.0482. The number of benzene rings is 2. The van der Waals surface area contributed by atoms with Gasteiger partial charge in [-0.3, -0.25) is 38.9 Å². The van der Waals surface area contributed by atoms with E-state index in [4.69, 9.17) is 4.74 Å². The number of ether oxygens (including phenoxy) is 1. The smallest absolute Gasteiger partial charge is 0.410 e. The Morgan fingerprint density at radius 3 is 1.48 bits per heavy atom. The van der Waals surface area contributed by atoms with Crippen molar-refractivity contribution >= 4 is 30.0 Å². The second-order valence-corrected chi connectivity index (χ2v) is 12.8. The fourth-order valence-electron chi connectivity index (χ4n) is 7.30. The average Bonchev–Trinajstić information content (AvgIpc) is 3.58. The molecule has 2 fully saturated rings. The first-order chi connectivity index (χ1) is 23.9. The summed E-state index contributed by atoms with van der Waals surface area (Å²) in [5, 5.41) is 50.2. The molecule has 50 heavy (non-hydrogen) atoms. The third-order valence-electron chi connectivity index (χ3n) is 9.63. The number of nitrogens with zero attached hydrogens (tertiary/aromatic N) is 5. The molecule has 0 spiro atoms. The molecule has 1 amide bonds. The highest BCUT2D eigenvalue weighted by atomic mass is 16.6. The second kappa shape index (κ2) is 16.4. The largest absolute Gasteiger partial charge is 0.480 e. The van der Waals surface area contributed by atoms with Crippen LogP contribution in [0.1, 0.15) is 17.0 Å². The van der Waals surface area contributed by atoms with Crippen LogP contribution in [0.15, 0.2) is 48.5 Å². The first kappa shape index (κ1) is 36.7. The van der Waals surface area contributed by atoms with Crippen LogP contribution >= 0.6 is 0 Å². The van der Waals surface area contributed by atoms with Gasteiger partial charge in [0.25, 0.3) is 0 Å². The quantitative estimate of drug-likeness (QED) is 0.220. The molecule has 0 aromatic heterocycles. The molecule has 270 valence electrons. The first-order valence-electron chi connectivity index (χ1n) is 16.5. The number of carbonyl (C=O) groups excluding carboxylic acids is 1. The molecular formula is C34H43N5O11. The molecule has 16 nitrogen and oxygen atoms in total. The zero-order valence-electron chi connectivity index (χ0n) is 27.5. The van der Waals surface area contributed by atoms with Crippen LogP contribution in [0.25, 0.3) is 11.1 Å². The normalized spacial score (nSPS) is 23.0. The zero-order chi connectivity index (χ0) is 35.9. The van der Waals surface area contributed by atoms with Gasteiger partial charge in [-0.25, -0.2) is 9.59 Å². The number of β-amino-alcohol motifs (C(OH)–C–C–N with tert-alkyl or cyclic N) is 1. The molecule has 2 aromatic carbocycles. The highest BCUT2D eigenvalue weighted by Gasteiger charge is 2.51. The van der Waals surface area contributed by atoms with Crippen LogP contribution in [0.3, 0.4) is 0 Å². The third kappa shape index (κ3) is 8.75. The minimum atomic E-state index is -1.51. The monoisotopic (exact) mass is 697 g/mol. The molecule has 0 bridgehead atoms. The summed E-state index contributed by atoms with van der Waals surface area (Å²) < 4.78 is 5.76. The Balaban J connectivity index is 1.35. The lowest BCUT2D eigenvalue weighted by atomic mass is 9.98. The summed E-state index contributed by atoms with van der Waals surface area (Å²) in [5.41, 5.74) is 4.03. The summed E-state index contributed by atoms with van der Waals surface area (Å²) in [6.45, 7) is -0.268. The molecule has 3 aliphatic rings. The summed E-state index contributed by atoms with van der Waals surface area (Å²) in [4.78, 5) is 68.7. The number of carboxylic acid groups (broad SMARTS) is 4. The van der Waals surface area contributed by atoms with Gasteiger partial charge in [-0.15, -0.1) is 0 Å². The number of hydrogen-bond acceptors (Lipinski definition) is 11. The summed E-state index contributed by atoms with van der Waals surface area (Å²) in [7, 11) is 0. The van der Waals surface area contributed by atoms with E-state index >= 15 is 0 Å². The maximum atomic E-state index is 13.6. The van der Waals surface area contributed by atoms with E-state index in [1.165, 1.54) is 0 Å². The molecule has 1 unspecified atom stereocenters. The summed E-state index contributed by atoms with van der Waals surface area (Å²) in [6.07, 6.45) is -2.20. The number of amides is 1. The van der Waals surface area contributed by atoms with Gasteiger partial charge >= 0.3 is 30.0 Å². The molecule has 2 saturated heterocycles. The van der Waals surface area contributed by atoms with Gasteiger partial charge < -0.3 is 30.3 Å². The molecule has 0 radical (unpaired) electrons. The number of hydrogen-bond donors (Lipinski definition) is 5. The number of carboxylic acids is 4. The van der Waals surface area contributed by atoms with Crippen molar-refractivity contribution in [2.24, 2.45) is 0 Å². The van der Waals surface area contributed by atoms with Crippen molar-refractivity contribution in [3.05, 3.63) is 59.7 Å². The lowest BCUT2D eigenvalue weighted by Gasteiger charge is -2.37. The maximum Gasteiger partial charge on any atom is 0.410 e. The SMILES string of the molecule is O=C(O)CN1CCN(CC(=O)O)CCN(C2[C@@H](C(=O)O)N(C(=O)OCC3c4ccccc4-c4ccccc43)C[C@@H]2O)CCN(CC(=O)O)CC1. The van der Waals surface area contributed by atoms with Crippen LogP contribution in [0, 0.1) is 0 Å². The third-order valence-corrected chi connectivity index (χ3v) is 9.63. The van der Waals surface area contributed by atoms with Crippen molar-refractivity contribution in [1.29, 1.82) is 0 Å². The molecule has 5 rings (SSSR count). The zero-order valence-corrected chi connectivity index (χ0v) is 27.5. The van der Waals surface area contributed by atoms with Crippen LogP contribution < -0.4 is 0 Å². The van der Waals surface area contributed by atoms with E-state index in [0.29, 0.717) is 0 Å². The fraction of sp³-hybridized carbons (Fsp3) is 0.500. The van der Waals surface area contributed by atoms with Crippen LogP contribution in [-0.2, 0) is 23.9 Å². The van der Waals surface area contributed by atoms with Gasteiger partial charge in [0.2, 0.25) is 0 Å². The van der Waals surface area contributed by atoms with E-state index < -0.39 is 48.2 Å². The number of fused-ring (bicyclic) bond motifs is 3. The maximum absolute atomic E-state index is 13.6. The summed E-state index contributed by atoms with van der Waals surface area (Å²) in [5.74, 6) is -4.91. The Morgan fingerprint density at radius 1 is 0.640 bits per heavy atom. The predicted molar refractivity (Wildman–Crippen MR) is 177 cm³/mol. The van der Waals surface area contributed by atoms with Crippen molar-refractivity contribution in [2.75, 3.05) is 85.1 Å². The van der Waals surface area contributed by atoms with Crippen molar-refractivity contribution in [3.63, 3.8) is 0 Å². The lowest BCUT2D eigenvalue weighted by Crippen LogP contribution is -2.57. The van der Waals surface area contributed by atoms with Gasteiger partial charge in [0.15, 0.2) is 6.04 Å². The van der Waals surface area contributed by atoms with Crippen LogP contribution in [0.2, 0.25) is 0 Å². The molecule has 5 N–H and O–H groups in total. The number of aliphatic carboxylic acids is 4. The first-order valence-corrected chi connectivity index (χ1v) is 16.5. The van der Waals surface area contributed by atoms with Gasteiger partial charge in [0.05, 0.1) is 38.3 Å². The Bertz CT molecular complexity index is 1500. The van der Waals surface area contributed by atoms with Gasteiger partial charge in [-0.2, -0.15) is 0 Å². The molecular weight excluding hydrogens is 654 g/mol. The number of rotatable bonds is 10. The van der Waals surface area contributed by atoms with Gasteiger partial charge in [0, 0.05) is 58.3 Å². The van der Waals surface area contributed by atoms with E-state index in [2.05, 4.69) is 0 Å². The molecule has 2 aliphatic heterocycles. The molecule has 1 aliphatic carbocycles. The van der Waals surface area contributed by atoms with Gasteiger partial charge in [-0.05, 0) is 22.3 Å². The molecule has 3 atom stereocenters. The van der Waals surface area contributed by atoms with Crippen molar-refractivity contribution in [1.82, 2.24) is 24.5 Å². The van der Waals surface area contributed by atoms with Crippen LogP contribution in [0.5, 0.6) is 0 Å². The Hall–Kier alpha value is -4.61.